The van der Waals surface area contributed by atoms with Crippen LogP contribution in [0.2, 0.25) is 0 Å². The third-order valence-corrected chi connectivity index (χ3v) is 4.75. The first-order chi connectivity index (χ1) is 11.7. The third kappa shape index (κ3) is 2.77. The number of benzene rings is 1. The van der Waals surface area contributed by atoms with E-state index < -0.39 is 0 Å². The number of aromatic amines is 1. The van der Waals surface area contributed by atoms with Crippen LogP contribution in [0.25, 0.3) is 11.0 Å². The number of nitrogens with zero attached hydrogens (tertiary/aromatic N) is 2. The lowest BCUT2D eigenvalue weighted by Crippen LogP contribution is -2.38. The van der Waals surface area contributed by atoms with Crippen LogP contribution in [-0.4, -0.2) is 33.9 Å². The van der Waals surface area contributed by atoms with E-state index in [2.05, 4.69) is 16.0 Å². The molecule has 0 unspecified atom stereocenters. The highest BCUT2D eigenvalue weighted by molar-refractivity contribution is 5.94. The summed E-state index contributed by atoms with van der Waals surface area (Å²) in [7, 11) is 0. The van der Waals surface area contributed by atoms with Crippen LogP contribution in [-0.2, 0) is 0 Å². The number of carbonyl (C=O) groups is 1. The zero-order valence-electron chi connectivity index (χ0n) is 13.2. The van der Waals surface area contributed by atoms with Crippen molar-refractivity contribution in [3.8, 4) is 0 Å². The highest BCUT2D eigenvalue weighted by atomic mass is 19.1. The number of hydrogen-bond donors (Lipinski definition) is 1. The minimum atomic E-state index is -0.374. The maximum atomic E-state index is 13.3. The molecule has 1 aliphatic heterocycles. The first-order valence-electron chi connectivity index (χ1n) is 8.18. The van der Waals surface area contributed by atoms with Crippen molar-refractivity contribution in [3.63, 3.8) is 0 Å². The van der Waals surface area contributed by atoms with Crippen molar-refractivity contribution >= 4 is 16.9 Å². The number of halogens is 1. The Hall–Kier alpha value is -2.69. The average Bonchev–Trinajstić information content (AvgIpc) is 3.09. The van der Waals surface area contributed by atoms with Crippen molar-refractivity contribution in [3.05, 3.63) is 65.7 Å². The summed E-state index contributed by atoms with van der Waals surface area (Å²) in [5.41, 5.74) is 2.54. The summed E-state index contributed by atoms with van der Waals surface area (Å²) < 4.78 is 13.3. The van der Waals surface area contributed by atoms with Crippen molar-refractivity contribution in [1.29, 1.82) is 0 Å². The SMILES string of the molecule is O=C(c1cccc(F)c1)N1CCC(c2cnc3[nH]ccc3c2)CC1. The number of fused-ring (bicyclic) bond motifs is 1. The highest BCUT2D eigenvalue weighted by Gasteiger charge is 2.25. The van der Waals surface area contributed by atoms with Crippen molar-refractivity contribution in [1.82, 2.24) is 14.9 Å². The molecule has 1 aromatic carbocycles. The van der Waals surface area contributed by atoms with Crippen molar-refractivity contribution < 1.29 is 9.18 Å². The standard InChI is InChI=1S/C19H18FN3O/c20-17-3-1-2-15(11-17)19(24)23-8-5-13(6-9-23)16-10-14-4-7-21-18(14)22-12-16/h1-4,7,10-13H,5-6,8-9H2,(H,21,22). The summed E-state index contributed by atoms with van der Waals surface area (Å²) in [6, 6.07) is 10.1. The van der Waals surface area contributed by atoms with Crippen molar-refractivity contribution in [2.45, 2.75) is 18.8 Å². The van der Waals surface area contributed by atoms with Gasteiger partial charge in [-0.1, -0.05) is 6.07 Å². The van der Waals surface area contributed by atoms with E-state index in [0.29, 0.717) is 24.6 Å². The molecule has 1 N–H and O–H groups in total. The normalized spacial score (nSPS) is 15.8. The second-order valence-electron chi connectivity index (χ2n) is 6.26. The van der Waals surface area contributed by atoms with Crippen molar-refractivity contribution in [2.24, 2.45) is 0 Å². The van der Waals surface area contributed by atoms with Gasteiger partial charge in [-0.15, -0.1) is 0 Å². The van der Waals surface area contributed by atoms with Gasteiger partial charge < -0.3 is 9.88 Å². The zero-order chi connectivity index (χ0) is 16.5. The molecule has 2 aromatic heterocycles. The summed E-state index contributed by atoms with van der Waals surface area (Å²) >= 11 is 0. The third-order valence-electron chi connectivity index (χ3n) is 4.75. The highest BCUT2D eigenvalue weighted by Crippen LogP contribution is 2.29. The molecule has 1 fully saturated rings. The van der Waals surface area contributed by atoms with Gasteiger partial charge in [-0.05, 0) is 54.7 Å². The fraction of sp³-hybridized carbons (Fsp3) is 0.263. The van der Waals surface area contributed by atoms with E-state index in [1.165, 1.54) is 17.7 Å². The molecule has 4 rings (SSSR count). The van der Waals surface area contributed by atoms with E-state index in [1.807, 2.05) is 23.4 Å². The van der Waals surface area contributed by atoms with Gasteiger partial charge in [-0.25, -0.2) is 9.37 Å². The second kappa shape index (κ2) is 6.07. The van der Waals surface area contributed by atoms with Gasteiger partial charge in [0.25, 0.3) is 5.91 Å². The molecule has 1 aliphatic rings. The molecule has 0 bridgehead atoms. The fourth-order valence-electron chi connectivity index (χ4n) is 3.40. The number of amides is 1. The topological polar surface area (TPSA) is 49.0 Å². The molecule has 0 saturated carbocycles. The molecule has 1 saturated heterocycles. The van der Waals surface area contributed by atoms with Crippen LogP contribution in [0.15, 0.2) is 48.8 Å². The molecule has 5 heteroatoms. The Morgan fingerprint density at radius 1 is 1.21 bits per heavy atom. The number of aromatic nitrogens is 2. The van der Waals surface area contributed by atoms with E-state index in [4.69, 9.17) is 0 Å². The molecule has 0 aliphatic carbocycles. The van der Waals surface area contributed by atoms with Crippen molar-refractivity contribution in [2.75, 3.05) is 13.1 Å². The molecule has 24 heavy (non-hydrogen) atoms. The maximum absolute atomic E-state index is 13.3. The molecule has 0 atom stereocenters. The second-order valence-corrected chi connectivity index (χ2v) is 6.26. The van der Waals surface area contributed by atoms with E-state index in [0.717, 1.165) is 23.9 Å². The smallest absolute Gasteiger partial charge is 0.253 e. The summed E-state index contributed by atoms with van der Waals surface area (Å²) in [4.78, 5) is 21.8. The lowest BCUT2D eigenvalue weighted by molar-refractivity contribution is 0.0712. The molecule has 4 nitrogen and oxygen atoms in total. The summed E-state index contributed by atoms with van der Waals surface area (Å²) in [5, 5.41) is 1.12. The molecule has 3 heterocycles. The number of H-pyrrole nitrogens is 1. The van der Waals surface area contributed by atoms with Gasteiger partial charge in [0.05, 0.1) is 0 Å². The Morgan fingerprint density at radius 3 is 2.83 bits per heavy atom. The lowest BCUT2D eigenvalue weighted by atomic mass is 9.90. The van der Waals surface area contributed by atoms with Crippen LogP contribution in [0.4, 0.5) is 4.39 Å². The lowest BCUT2D eigenvalue weighted by Gasteiger charge is -2.32. The van der Waals surface area contributed by atoms with Gasteiger partial charge in [-0.2, -0.15) is 0 Å². The molecule has 3 aromatic rings. The van der Waals surface area contributed by atoms with E-state index in [1.54, 1.807) is 12.1 Å². The number of rotatable bonds is 2. The number of piperidine rings is 1. The van der Waals surface area contributed by atoms with Crippen LogP contribution < -0.4 is 0 Å². The Kier molecular flexibility index (Phi) is 3.76. The summed E-state index contributed by atoms with van der Waals surface area (Å²) in [5.74, 6) is -0.0536. The van der Waals surface area contributed by atoms with Gasteiger partial charge in [0, 0.05) is 36.4 Å². The van der Waals surface area contributed by atoms with Gasteiger partial charge in [0.15, 0.2) is 0 Å². The van der Waals surface area contributed by atoms with Crippen LogP contribution in [0.3, 0.4) is 0 Å². The molecule has 0 spiro atoms. The Balaban J connectivity index is 1.45. The van der Waals surface area contributed by atoms with E-state index in [-0.39, 0.29) is 11.7 Å². The minimum Gasteiger partial charge on any atom is -0.346 e. The average molecular weight is 323 g/mol. The molecule has 1 amide bonds. The largest absolute Gasteiger partial charge is 0.346 e. The van der Waals surface area contributed by atoms with Gasteiger partial charge >= 0.3 is 0 Å². The van der Waals surface area contributed by atoms with Gasteiger partial charge in [0.1, 0.15) is 11.5 Å². The number of nitrogens with one attached hydrogen (secondary N) is 1. The van der Waals surface area contributed by atoms with Crippen LogP contribution in [0, 0.1) is 5.82 Å². The molecular weight excluding hydrogens is 305 g/mol. The van der Waals surface area contributed by atoms with Crippen LogP contribution in [0.5, 0.6) is 0 Å². The number of hydrogen-bond acceptors (Lipinski definition) is 2. The number of carbonyl (C=O) groups excluding carboxylic acids is 1. The fourth-order valence-corrected chi connectivity index (χ4v) is 3.40. The number of pyridine rings is 1. The quantitative estimate of drug-likeness (QED) is 0.781. The van der Waals surface area contributed by atoms with Gasteiger partial charge in [0.2, 0.25) is 0 Å². The zero-order valence-corrected chi connectivity index (χ0v) is 13.2. The molecule has 122 valence electrons. The maximum Gasteiger partial charge on any atom is 0.253 e. The molecular formula is C19H18FN3O. The predicted octanol–water partition coefficient (Wildman–Crippen LogP) is 3.72. The van der Waals surface area contributed by atoms with E-state index >= 15 is 0 Å². The monoisotopic (exact) mass is 323 g/mol. The van der Waals surface area contributed by atoms with E-state index in [9.17, 15) is 9.18 Å². The Morgan fingerprint density at radius 2 is 2.04 bits per heavy atom. The van der Waals surface area contributed by atoms with Crippen LogP contribution in [0.1, 0.15) is 34.7 Å². The van der Waals surface area contributed by atoms with Gasteiger partial charge in [-0.3, -0.25) is 4.79 Å². The first kappa shape index (κ1) is 14.9. The minimum absolute atomic E-state index is 0.0906. The Labute approximate surface area is 139 Å². The van der Waals surface area contributed by atoms with Crippen LogP contribution >= 0.6 is 0 Å². The summed E-state index contributed by atoms with van der Waals surface area (Å²) in [6.45, 7) is 1.37. The summed E-state index contributed by atoms with van der Waals surface area (Å²) in [6.07, 6.45) is 5.62. The number of likely N-dealkylation sites (tertiary alicyclic amines) is 1. The first-order valence-corrected chi connectivity index (χ1v) is 8.18. The predicted molar refractivity (Wildman–Crippen MR) is 90.4 cm³/mol. The Bertz CT molecular complexity index is 881. The molecule has 0 radical (unpaired) electrons.